The van der Waals surface area contributed by atoms with E-state index < -0.39 is 0 Å². The van der Waals surface area contributed by atoms with Crippen molar-refractivity contribution in [2.75, 3.05) is 26.2 Å². The lowest BCUT2D eigenvalue weighted by Crippen LogP contribution is -2.29. The zero-order valence-electron chi connectivity index (χ0n) is 24.1. The second-order valence-electron chi connectivity index (χ2n) is 9.22. The number of fused-ring (bicyclic) bond motifs is 1. The maximum atomic E-state index is 10.1. The van der Waals surface area contributed by atoms with Gasteiger partial charge in [0.1, 0.15) is 23.9 Å². The van der Waals surface area contributed by atoms with Crippen LogP contribution in [0.5, 0.6) is 17.2 Å². The molecular formula is C30H34N2O3. The number of phenols is 2. The van der Waals surface area contributed by atoms with Gasteiger partial charge in [-0.2, -0.15) is 0 Å². The van der Waals surface area contributed by atoms with E-state index in [0.29, 0.717) is 13.2 Å². The topological polar surface area (TPSA) is 57.9 Å². The van der Waals surface area contributed by atoms with Gasteiger partial charge < -0.3 is 19.5 Å². The van der Waals surface area contributed by atoms with Crippen LogP contribution in [0.15, 0.2) is 66.6 Å². The van der Waals surface area contributed by atoms with E-state index >= 15 is 0 Å². The van der Waals surface area contributed by atoms with Gasteiger partial charge in [-0.3, -0.25) is 4.90 Å². The van der Waals surface area contributed by atoms with Gasteiger partial charge in [-0.25, -0.2) is 0 Å². The quantitative estimate of drug-likeness (QED) is 0.329. The minimum Gasteiger partial charge on any atom is -0.508 e. The first-order chi connectivity index (χ1) is 18.8. The third kappa shape index (κ3) is 5.30. The first kappa shape index (κ1) is 18.8. The molecule has 0 aliphatic carbocycles. The van der Waals surface area contributed by atoms with Crippen molar-refractivity contribution in [3.63, 3.8) is 0 Å². The van der Waals surface area contributed by atoms with Crippen LogP contribution in [0.2, 0.25) is 0 Å². The molecule has 1 aliphatic heterocycles. The molecule has 0 saturated carbocycles. The fourth-order valence-corrected chi connectivity index (χ4v) is 4.94. The van der Waals surface area contributed by atoms with Crippen LogP contribution in [0.1, 0.15) is 42.3 Å². The summed E-state index contributed by atoms with van der Waals surface area (Å²) in [5.74, 6) is 0.259. The SMILES string of the molecule is [2H]c1c([2H])c(OCCN2CCCCCC2)c([2H])c([2H])c1Cn1c(-c2ccc(O)cc2)c(C)c2cc(O)ccc21. The van der Waals surface area contributed by atoms with Gasteiger partial charge in [0.15, 0.2) is 0 Å². The number of ether oxygens (including phenoxy) is 1. The molecule has 0 bridgehead atoms. The van der Waals surface area contributed by atoms with Crippen molar-refractivity contribution in [3.05, 3.63) is 77.8 Å². The molecule has 0 unspecified atom stereocenters. The Morgan fingerprint density at radius 1 is 0.886 bits per heavy atom. The molecule has 5 nitrogen and oxygen atoms in total. The molecule has 0 amide bonds. The lowest BCUT2D eigenvalue weighted by atomic mass is 10.1. The number of rotatable bonds is 7. The summed E-state index contributed by atoms with van der Waals surface area (Å²) in [6.45, 7) is 5.07. The summed E-state index contributed by atoms with van der Waals surface area (Å²) in [7, 11) is 0. The molecule has 2 heterocycles. The van der Waals surface area contributed by atoms with Gasteiger partial charge in [-0.05, 0) is 104 Å². The van der Waals surface area contributed by atoms with E-state index in [9.17, 15) is 10.2 Å². The van der Waals surface area contributed by atoms with Gasteiger partial charge in [-0.15, -0.1) is 0 Å². The standard InChI is InChI=1S/C30H34N2O3/c1-22-28-20-26(34)12-15-29(28)32(30(22)24-8-10-25(33)11-9-24)21-23-6-13-27(14-7-23)35-19-18-31-16-4-2-3-5-17-31/h6-15,20,33-34H,2-5,16-19,21H2,1H3/i6D,7D,13D,14D. The van der Waals surface area contributed by atoms with Crippen molar-refractivity contribution in [2.45, 2.75) is 39.2 Å². The molecule has 0 radical (unpaired) electrons. The average molecular weight is 475 g/mol. The van der Waals surface area contributed by atoms with Gasteiger partial charge in [-0.1, -0.05) is 24.9 Å². The summed E-state index contributed by atoms with van der Waals surface area (Å²) < 4.78 is 42.6. The summed E-state index contributed by atoms with van der Waals surface area (Å²) in [5, 5.41) is 20.8. The van der Waals surface area contributed by atoms with E-state index in [-0.39, 0.29) is 53.5 Å². The van der Waals surface area contributed by atoms with Gasteiger partial charge in [0.25, 0.3) is 0 Å². The Labute approximate surface area is 212 Å². The number of aryl methyl sites for hydroxylation is 1. The van der Waals surface area contributed by atoms with Crippen LogP contribution in [0.25, 0.3) is 22.2 Å². The predicted octanol–water partition coefficient (Wildman–Crippen LogP) is 6.33. The molecule has 3 aromatic carbocycles. The van der Waals surface area contributed by atoms with Crippen molar-refractivity contribution >= 4 is 10.9 Å². The number of phenolic OH excluding ortho intramolecular Hbond substituents is 2. The van der Waals surface area contributed by atoms with E-state index in [4.69, 9.17) is 10.2 Å². The minimum absolute atomic E-state index is 0.0132. The number of hydrogen-bond donors (Lipinski definition) is 2. The largest absolute Gasteiger partial charge is 0.508 e. The van der Waals surface area contributed by atoms with E-state index in [2.05, 4.69) is 4.90 Å². The minimum atomic E-state index is -0.182. The highest BCUT2D eigenvalue weighted by Crippen LogP contribution is 2.36. The molecule has 1 fully saturated rings. The highest BCUT2D eigenvalue weighted by Gasteiger charge is 2.17. The van der Waals surface area contributed by atoms with Gasteiger partial charge >= 0.3 is 0 Å². The van der Waals surface area contributed by atoms with Crippen molar-refractivity contribution in [1.82, 2.24) is 9.47 Å². The van der Waals surface area contributed by atoms with Crippen LogP contribution in [-0.2, 0) is 6.54 Å². The van der Waals surface area contributed by atoms with E-state index in [0.717, 1.165) is 53.7 Å². The maximum absolute atomic E-state index is 10.1. The summed E-state index contributed by atoms with van der Waals surface area (Å²) >= 11 is 0. The zero-order chi connectivity index (χ0) is 27.7. The number of aromatic nitrogens is 1. The first-order valence-corrected chi connectivity index (χ1v) is 12.3. The third-order valence-electron chi connectivity index (χ3n) is 6.76. The fourth-order valence-electron chi connectivity index (χ4n) is 4.94. The summed E-state index contributed by atoms with van der Waals surface area (Å²) in [6, 6.07) is 11.2. The van der Waals surface area contributed by atoms with Crippen LogP contribution < -0.4 is 4.74 Å². The molecule has 5 rings (SSSR count). The Hall–Kier alpha value is -3.44. The van der Waals surface area contributed by atoms with Crippen molar-refractivity contribution in [1.29, 1.82) is 0 Å². The van der Waals surface area contributed by atoms with Crippen molar-refractivity contribution in [3.8, 4) is 28.5 Å². The first-order valence-electron chi connectivity index (χ1n) is 14.3. The average Bonchev–Trinajstić information content (AvgIpc) is 3.07. The van der Waals surface area contributed by atoms with Gasteiger partial charge in [0.2, 0.25) is 0 Å². The molecule has 5 heteroatoms. The maximum Gasteiger partial charge on any atom is 0.119 e. The Balaban J connectivity index is 1.51. The molecule has 35 heavy (non-hydrogen) atoms. The molecule has 2 N–H and O–H groups in total. The van der Waals surface area contributed by atoms with Crippen LogP contribution in [0.4, 0.5) is 0 Å². The molecular weight excluding hydrogens is 436 g/mol. The van der Waals surface area contributed by atoms with E-state index in [1.165, 1.54) is 12.8 Å². The molecule has 1 aliphatic rings. The number of nitrogens with zero attached hydrogens (tertiary/aromatic N) is 2. The second-order valence-corrected chi connectivity index (χ2v) is 9.22. The second kappa shape index (κ2) is 10.4. The third-order valence-corrected chi connectivity index (χ3v) is 6.76. The zero-order valence-corrected chi connectivity index (χ0v) is 20.1. The number of hydrogen-bond acceptors (Lipinski definition) is 4. The lowest BCUT2D eigenvalue weighted by molar-refractivity contribution is 0.214. The summed E-state index contributed by atoms with van der Waals surface area (Å²) in [6.07, 6.45) is 4.80. The molecule has 182 valence electrons. The lowest BCUT2D eigenvalue weighted by Gasteiger charge is -2.19. The Bertz CT molecular complexity index is 1460. The van der Waals surface area contributed by atoms with E-state index in [1.54, 1.807) is 42.5 Å². The van der Waals surface area contributed by atoms with Crippen LogP contribution >= 0.6 is 0 Å². The smallest absolute Gasteiger partial charge is 0.119 e. The Morgan fingerprint density at radius 3 is 2.29 bits per heavy atom. The summed E-state index contributed by atoms with van der Waals surface area (Å²) in [4.78, 5) is 2.33. The Morgan fingerprint density at radius 2 is 1.57 bits per heavy atom. The highest BCUT2D eigenvalue weighted by molar-refractivity contribution is 5.92. The number of likely N-dealkylation sites (tertiary alicyclic amines) is 1. The number of benzene rings is 3. The molecule has 4 aromatic rings. The fraction of sp³-hybridized carbons (Fsp3) is 0.333. The highest BCUT2D eigenvalue weighted by atomic mass is 16.5. The van der Waals surface area contributed by atoms with Crippen molar-refractivity contribution < 1.29 is 20.4 Å². The molecule has 1 aromatic heterocycles. The molecule has 0 atom stereocenters. The van der Waals surface area contributed by atoms with Gasteiger partial charge in [0.05, 0.1) is 11.2 Å². The Kier molecular flexibility index (Phi) is 5.62. The normalized spacial score (nSPS) is 16.4. The number of aromatic hydroxyl groups is 2. The predicted molar refractivity (Wildman–Crippen MR) is 141 cm³/mol. The van der Waals surface area contributed by atoms with Crippen LogP contribution in [-0.4, -0.2) is 45.9 Å². The summed E-state index contributed by atoms with van der Waals surface area (Å²) in [5.41, 5.74) is 3.59. The molecule has 0 spiro atoms. The van der Waals surface area contributed by atoms with E-state index in [1.807, 2.05) is 11.5 Å². The van der Waals surface area contributed by atoms with Crippen LogP contribution in [0.3, 0.4) is 0 Å². The monoisotopic (exact) mass is 474 g/mol. The van der Waals surface area contributed by atoms with Crippen molar-refractivity contribution in [2.24, 2.45) is 0 Å². The molecule has 1 saturated heterocycles. The van der Waals surface area contributed by atoms with Gasteiger partial charge in [0, 0.05) is 24.0 Å². The van der Waals surface area contributed by atoms with Crippen LogP contribution in [0, 0.1) is 6.92 Å².